The fourth-order valence-corrected chi connectivity index (χ4v) is 8.86. The highest BCUT2D eigenvalue weighted by Crippen LogP contribution is 2.69. The highest BCUT2D eigenvalue weighted by molar-refractivity contribution is 6.61. The Bertz CT molecular complexity index is 1170. The van der Waals surface area contributed by atoms with Gasteiger partial charge in [0.25, 0.3) is 0 Å². The zero-order valence-electron chi connectivity index (χ0n) is 23.2. The van der Waals surface area contributed by atoms with Gasteiger partial charge in [-0.1, -0.05) is 39.8 Å². The van der Waals surface area contributed by atoms with Crippen molar-refractivity contribution in [2.75, 3.05) is 0 Å². The highest BCUT2D eigenvalue weighted by atomic mass is 16.5. The quantitative estimate of drug-likeness (QED) is 0.398. The molecule has 3 saturated carbocycles. The van der Waals surface area contributed by atoms with Gasteiger partial charge in [-0.25, -0.2) is 4.79 Å². The molecule has 0 amide bonds. The number of aryl methyl sites for hydroxylation is 1. The second-order valence-electron chi connectivity index (χ2n) is 13.0. The number of fused-ring (bicyclic) bond motifs is 1. The summed E-state index contributed by atoms with van der Waals surface area (Å²) in [7, 11) is -1.08. The van der Waals surface area contributed by atoms with E-state index in [4.69, 9.17) is 9.39 Å². The maximum absolute atomic E-state index is 13.7. The second kappa shape index (κ2) is 9.21. The molecule has 1 aromatic carbocycles. The largest absolute Gasteiger partial charge is 0.491 e. The van der Waals surface area contributed by atoms with Crippen molar-refractivity contribution in [2.45, 2.75) is 85.5 Å². The molecule has 0 radical (unpaired) electrons. The van der Waals surface area contributed by atoms with Gasteiger partial charge in [-0.05, 0) is 77.9 Å². The van der Waals surface area contributed by atoms with Crippen LogP contribution in [0.25, 0.3) is 0 Å². The van der Waals surface area contributed by atoms with E-state index in [-0.39, 0.29) is 35.6 Å². The molecule has 1 heterocycles. The van der Waals surface area contributed by atoms with Crippen LogP contribution in [-0.4, -0.2) is 46.3 Å². The SMILES string of the molecule is C=C[C@]1(C)C[C@@H](C(Oc2cc3c(cc2C)COB3O)C(=O)O)[C@@]2(C)[C@H](C)CC[C@]3(CCC(=O)[C@H]32)[C@@H](C)[C@@H]1O. The zero-order chi connectivity index (χ0) is 27.8. The first-order chi connectivity index (χ1) is 17.8. The van der Waals surface area contributed by atoms with E-state index in [1.807, 2.05) is 19.9 Å². The van der Waals surface area contributed by atoms with Crippen LogP contribution < -0.4 is 10.2 Å². The lowest BCUT2D eigenvalue weighted by Gasteiger charge is -2.63. The molecular weight excluding hydrogens is 483 g/mol. The molecule has 3 fully saturated rings. The second-order valence-corrected chi connectivity index (χ2v) is 13.0. The summed E-state index contributed by atoms with van der Waals surface area (Å²) in [5, 5.41) is 32.7. The summed E-state index contributed by atoms with van der Waals surface area (Å²) >= 11 is 0. The topological polar surface area (TPSA) is 113 Å². The van der Waals surface area contributed by atoms with Crippen LogP contribution in [0.5, 0.6) is 5.75 Å². The van der Waals surface area contributed by atoms with E-state index < -0.39 is 42.0 Å². The lowest BCUT2D eigenvalue weighted by Crippen LogP contribution is -2.63. The molecule has 1 aliphatic heterocycles. The first kappa shape index (κ1) is 27.4. The molecule has 0 aromatic heterocycles. The average molecular weight is 524 g/mol. The third-order valence-corrected chi connectivity index (χ3v) is 11.4. The lowest BCUT2D eigenvalue weighted by molar-refractivity contribution is -0.193. The smallest absolute Gasteiger partial charge is 0.478 e. The van der Waals surface area contributed by atoms with Crippen molar-refractivity contribution in [3.63, 3.8) is 0 Å². The molecule has 9 atom stereocenters. The Kier molecular flexibility index (Phi) is 6.64. The molecule has 1 unspecified atom stereocenters. The van der Waals surface area contributed by atoms with Crippen LogP contribution in [0, 0.1) is 46.8 Å². The molecule has 0 saturated heterocycles. The number of carbonyl (C=O) groups excluding carboxylic acids is 1. The predicted molar refractivity (Wildman–Crippen MR) is 144 cm³/mol. The monoisotopic (exact) mass is 524 g/mol. The number of aliphatic hydroxyl groups excluding tert-OH is 1. The maximum Gasteiger partial charge on any atom is 0.491 e. The van der Waals surface area contributed by atoms with Gasteiger partial charge in [0.2, 0.25) is 0 Å². The Balaban J connectivity index is 1.67. The van der Waals surface area contributed by atoms with Gasteiger partial charge in [-0.2, -0.15) is 0 Å². The Morgan fingerprint density at radius 1 is 1.29 bits per heavy atom. The first-order valence-corrected chi connectivity index (χ1v) is 14.0. The van der Waals surface area contributed by atoms with Crippen molar-refractivity contribution >= 4 is 24.3 Å². The Hall–Kier alpha value is -2.16. The third-order valence-electron chi connectivity index (χ3n) is 11.4. The summed E-state index contributed by atoms with van der Waals surface area (Å²) in [6.07, 6.45) is 2.96. The van der Waals surface area contributed by atoms with Crippen LogP contribution in [0.3, 0.4) is 0 Å². The number of aliphatic hydroxyl groups is 1. The van der Waals surface area contributed by atoms with Crippen LogP contribution in [-0.2, 0) is 20.9 Å². The molecule has 7 nitrogen and oxygen atoms in total. The van der Waals surface area contributed by atoms with E-state index in [0.717, 1.165) is 30.4 Å². The number of aliphatic carboxylic acids is 1. The van der Waals surface area contributed by atoms with E-state index in [1.165, 1.54) is 0 Å². The number of ketones is 1. The van der Waals surface area contributed by atoms with Crippen LogP contribution in [0.1, 0.15) is 70.9 Å². The van der Waals surface area contributed by atoms with Crippen LogP contribution in [0.15, 0.2) is 24.8 Å². The Labute approximate surface area is 225 Å². The van der Waals surface area contributed by atoms with Gasteiger partial charge in [-0.3, -0.25) is 4.79 Å². The van der Waals surface area contributed by atoms with Crippen molar-refractivity contribution in [1.82, 2.24) is 0 Å². The minimum atomic E-state index is -1.26. The zero-order valence-corrected chi connectivity index (χ0v) is 23.2. The third kappa shape index (κ3) is 3.74. The number of carboxylic acid groups (broad SMARTS) is 1. The minimum absolute atomic E-state index is 0.0889. The molecule has 1 aromatic rings. The summed E-state index contributed by atoms with van der Waals surface area (Å²) in [5.74, 6) is -1.48. The molecule has 0 spiro atoms. The van der Waals surface area contributed by atoms with E-state index >= 15 is 0 Å². The summed E-state index contributed by atoms with van der Waals surface area (Å²) < 4.78 is 11.8. The van der Waals surface area contributed by atoms with Crippen molar-refractivity contribution in [2.24, 2.45) is 39.9 Å². The fourth-order valence-electron chi connectivity index (χ4n) is 8.86. The predicted octanol–water partition coefficient (Wildman–Crippen LogP) is 3.66. The number of Topliss-reactive ketones (excluding diaryl/α,β-unsaturated/α-hetero) is 1. The fraction of sp³-hybridized carbons (Fsp3) is 0.667. The van der Waals surface area contributed by atoms with Gasteiger partial charge in [-0.15, -0.1) is 6.58 Å². The van der Waals surface area contributed by atoms with E-state index in [9.17, 15) is 24.8 Å². The number of hydrogen-bond acceptors (Lipinski definition) is 6. The van der Waals surface area contributed by atoms with Crippen molar-refractivity contribution in [1.29, 1.82) is 0 Å². The van der Waals surface area contributed by atoms with Gasteiger partial charge in [0.15, 0.2) is 6.10 Å². The Morgan fingerprint density at radius 3 is 2.66 bits per heavy atom. The average Bonchev–Trinajstić information content (AvgIpc) is 3.42. The molecule has 3 N–H and O–H groups in total. The summed E-state index contributed by atoms with van der Waals surface area (Å²) in [4.78, 5) is 26.8. The van der Waals surface area contributed by atoms with Crippen LogP contribution in [0.4, 0.5) is 0 Å². The molecule has 4 aliphatic rings. The number of carboxylic acids is 1. The maximum atomic E-state index is 13.7. The molecule has 3 aliphatic carbocycles. The Morgan fingerprint density at radius 2 is 2.00 bits per heavy atom. The molecule has 5 rings (SSSR count). The van der Waals surface area contributed by atoms with Crippen LogP contribution in [0.2, 0.25) is 0 Å². The van der Waals surface area contributed by atoms with Crippen molar-refractivity contribution in [3.8, 4) is 5.75 Å². The van der Waals surface area contributed by atoms with Crippen molar-refractivity contribution < 1.29 is 34.2 Å². The van der Waals surface area contributed by atoms with Gasteiger partial charge in [0.05, 0.1) is 12.7 Å². The highest BCUT2D eigenvalue weighted by Gasteiger charge is 2.69. The summed E-state index contributed by atoms with van der Waals surface area (Å²) in [5.41, 5.74) is 0.391. The molecule has 8 heteroatoms. The molecule has 2 bridgehead atoms. The van der Waals surface area contributed by atoms with E-state index in [2.05, 4.69) is 27.4 Å². The number of benzene rings is 1. The minimum Gasteiger partial charge on any atom is -0.478 e. The summed E-state index contributed by atoms with van der Waals surface area (Å²) in [6.45, 7) is 14.5. The van der Waals surface area contributed by atoms with Gasteiger partial charge < -0.3 is 24.6 Å². The number of ether oxygens (including phenoxy) is 1. The van der Waals surface area contributed by atoms with E-state index in [1.54, 1.807) is 12.1 Å². The number of rotatable bonds is 5. The molecule has 38 heavy (non-hydrogen) atoms. The van der Waals surface area contributed by atoms with Crippen LogP contribution >= 0.6 is 0 Å². The van der Waals surface area contributed by atoms with Gasteiger partial charge in [0, 0.05) is 23.7 Å². The van der Waals surface area contributed by atoms with Crippen molar-refractivity contribution in [3.05, 3.63) is 35.9 Å². The standard InChI is InChI=1S/C30H41BO7/c1-7-28(5)14-20(24(27(34)35)38-23-13-21-19(12-16(23)2)15-37-31(21)36)29(6)17(3)8-10-30(18(4)26(28)33)11-9-22(32)25(29)30/h7,12-13,17-18,20,24-26,33,36H,1,8-11,14-15H2,2-6H3,(H,34,35)/t17-,18+,20+,24?,25+,26+,28-,29-,30+/m1/s1. The summed E-state index contributed by atoms with van der Waals surface area (Å²) in [6, 6.07) is 3.55. The first-order valence-electron chi connectivity index (χ1n) is 14.0. The number of hydrogen-bond donors (Lipinski definition) is 3. The normalized spacial score (nSPS) is 41.1. The molecular formula is C30H41BO7. The lowest BCUT2D eigenvalue weighted by atomic mass is 9.41. The van der Waals surface area contributed by atoms with Gasteiger partial charge >= 0.3 is 13.1 Å². The van der Waals surface area contributed by atoms with E-state index in [0.29, 0.717) is 24.1 Å². The number of carbonyl (C=O) groups is 2. The molecule has 206 valence electrons. The van der Waals surface area contributed by atoms with Gasteiger partial charge in [0.1, 0.15) is 11.5 Å².